The average Bonchev–Trinajstić information content (AvgIpc) is 3.42. The number of thiazole rings is 1. The molecular formula is C23H22N6O2S3. The summed E-state index contributed by atoms with van der Waals surface area (Å²) in [6, 6.07) is 10.0. The van der Waals surface area contributed by atoms with E-state index in [2.05, 4.69) is 32.2 Å². The van der Waals surface area contributed by atoms with Crippen molar-refractivity contribution in [3.63, 3.8) is 0 Å². The zero-order valence-electron chi connectivity index (χ0n) is 18.7. The molecule has 0 aliphatic carbocycles. The maximum atomic E-state index is 12.5. The Morgan fingerprint density at radius 2 is 1.65 bits per heavy atom. The normalized spacial score (nSPS) is 17.5. The van der Waals surface area contributed by atoms with Gasteiger partial charge in [-0.15, -0.1) is 21.6 Å². The monoisotopic (exact) mass is 510 g/mol. The molecule has 0 N–H and O–H groups in total. The van der Waals surface area contributed by atoms with E-state index >= 15 is 0 Å². The Morgan fingerprint density at radius 3 is 2.29 bits per heavy atom. The Balaban J connectivity index is 1.31. The lowest BCUT2D eigenvalue weighted by Gasteiger charge is -2.31. The minimum Gasteiger partial charge on any atom is -0.372 e. The molecule has 2 saturated heterocycles. The van der Waals surface area contributed by atoms with Crippen molar-refractivity contribution in [3.8, 4) is 0 Å². The number of aromatic nitrogens is 1. The smallest absolute Gasteiger partial charge is 0.265 e. The van der Waals surface area contributed by atoms with Gasteiger partial charge in [0, 0.05) is 37.7 Å². The van der Waals surface area contributed by atoms with Crippen LogP contribution in [0.2, 0.25) is 0 Å². The van der Waals surface area contributed by atoms with Gasteiger partial charge in [-0.05, 0) is 67.9 Å². The molecule has 8 nitrogen and oxygen atoms in total. The molecule has 1 aromatic carbocycles. The number of fused-ring (bicyclic) bond motifs is 1. The standard InChI is InChI=1S/C23H22N6O2S3/c1-27-20(30)17(21(31)28(2)23(27)32)12-16-13-18-19(33-16)24-22(34-18)26-25-14-6-8-15(9-7-14)29-10-4-3-5-11-29/h6-9,12-13H,3-5,10-11H2,1-2H3. The van der Waals surface area contributed by atoms with Gasteiger partial charge in [0.05, 0.1) is 10.4 Å². The average molecular weight is 511 g/mol. The van der Waals surface area contributed by atoms with Crippen molar-refractivity contribution >= 4 is 83.9 Å². The van der Waals surface area contributed by atoms with Gasteiger partial charge in [-0.3, -0.25) is 19.4 Å². The van der Waals surface area contributed by atoms with Crippen molar-refractivity contribution in [3.05, 3.63) is 40.8 Å². The van der Waals surface area contributed by atoms with E-state index in [1.165, 1.54) is 57.4 Å². The summed E-state index contributed by atoms with van der Waals surface area (Å²) in [5.74, 6) is -0.808. The van der Waals surface area contributed by atoms with Crippen molar-refractivity contribution in [1.29, 1.82) is 0 Å². The zero-order chi connectivity index (χ0) is 23.8. The highest BCUT2D eigenvalue weighted by molar-refractivity contribution is 7.80. The number of hydrogen-bond acceptors (Lipinski definition) is 9. The Kier molecular flexibility index (Phi) is 6.24. The molecule has 2 aliphatic rings. The highest BCUT2D eigenvalue weighted by atomic mass is 32.1. The number of rotatable bonds is 4. The first-order chi connectivity index (χ1) is 16.4. The van der Waals surface area contributed by atoms with Gasteiger partial charge < -0.3 is 4.90 Å². The van der Waals surface area contributed by atoms with E-state index in [9.17, 15) is 9.59 Å². The third-order valence-corrected chi connectivity index (χ3v) is 8.39. The Bertz CT molecular complexity index is 1280. The van der Waals surface area contributed by atoms with Gasteiger partial charge in [0.2, 0.25) is 5.13 Å². The predicted octanol–water partition coefficient (Wildman–Crippen LogP) is 5.36. The molecule has 0 saturated carbocycles. The fourth-order valence-electron chi connectivity index (χ4n) is 3.96. The molecule has 0 radical (unpaired) electrons. The van der Waals surface area contributed by atoms with E-state index in [1.807, 2.05) is 18.2 Å². The van der Waals surface area contributed by atoms with Crippen molar-refractivity contribution in [2.75, 3.05) is 32.1 Å². The van der Waals surface area contributed by atoms with E-state index in [-0.39, 0.29) is 10.7 Å². The molecule has 5 rings (SSSR count). The number of carbonyl (C=O) groups is 2. The second-order valence-corrected chi connectivity index (χ2v) is 10.6. The molecule has 2 fully saturated rings. The summed E-state index contributed by atoms with van der Waals surface area (Å²) in [6.45, 7) is 2.22. The molecule has 0 atom stereocenters. The fourth-order valence-corrected chi connectivity index (χ4v) is 6.11. The summed E-state index contributed by atoms with van der Waals surface area (Å²) in [5, 5.41) is 9.39. The Labute approximate surface area is 210 Å². The zero-order valence-corrected chi connectivity index (χ0v) is 21.2. The SMILES string of the molecule is CN1C(=O)C(=Cc2cc3sc(N=Nc4ccc(N5CCCCC5)cc4)nc3s2)C(=O)N(C)C1=S. The number of piperidine rings is 1. The van der Waals surface area contributed by atoms with Gasteiger partial charge >= 0.3 is 0 Å². The highest BCUT2D eigenvalue weighted by Crippen LogP contribution is 2.36. The van der Waals surface area contributed by atoms with E-state index in [1.54, 1.807) is 20.2 Å². The molecule has 2 aliphatic heterocycles. The van der Waals surface area contributed by atoms with Crippen molar-refractivity contribution < 1.29 is 9.59 Å². The predicted molar refractivity (Wildman–Crippen MR) is 140 cm³/mol. The summed E-state index contributed by atoms with van der Waals surface area (Å²) in [5.41, 5.74) is 2.09. The topological polar surface area (TPSA) is 81.5 Å². The Morgan fingerprint density at radius 1 is 0.971 bits per heavy atom. The lowest BCUT2D eigenvalue weighted by atomic mass is 10.1. The second kappa shape index (κ2) is 9.32. The van der Waals surface area contributed by atoms with E-state index in [4.69, 9.17) is 12.2 Å². The van der Waals surface area contributed by atoms with Crippen LogP contribution in [0.25, 0.3) is 15.6 Å². The second-order valence-electron chi connectivity index (χ2n) is 8.15. The van der Waals surface area contributed by atoms with Crippen LogP contribution < -0.4 is 4.90 Å². The van der Waals surface area contributed by atoms with Crippen LogP contribution in [0.1, 0.15) is 24.1 Å². The van der Waals surface area contributed by atoms with Crippen LogP contribution in [0, 0.1) is 0 Å². The number of azo groups is 1. The van der Waals surface area contributed by atoms with Gasteiger partial charge in [-0.25, -0.2) is 4.98 Å². The summed E-state index contributed by atoms with van der Waals surface area (Å²) in [6.07, 6.45) is 5.41. The molecule has 0 unspecified atom stereocenters. The number of likely N-dealkylation sites (N-methyl/N-ethyl adjacent to an activating group) is 2. The molecule has 174 valence electrons. The summed E-state index contributed by atoms with van der Waals surface area (Å²) >= 11 is 7.95. The number of amides is 2. The van der Waals surface area contributed by atoms with Crippen LogP contribution in [0.4, 0.5) is 16.5 Å². The number of nitrogens with zero attached hydrogens (tertiary/aromatic N) is 6. The number of anilines is 1. The van der Waals surface area contributed by atoms with Gasteiger partial charge in [0.15, 0.2) is 5.11 Å². The number of benzene rings is 1. The molecule has 34 heavy (non-hydrogen) atoms. The van der Waals surface area contributed by atoms with Crippen LogP contribution in [0.5, 0.6) is 0 Å². The fraction of sp³-hybridized carbons (Fsp3) is 0.304. The quantitative estimate of drug-likeness (QED) is 0.204. The highest BCUT2D eigenvalue weighted by Gasteiger charge is 2.35. The minimum absolute atomic E-state index is 0.0837. The molecule has 2 aromatic heterocycles. The lowest BCUT2D eigenvalue weighted by Crippen LogP contribution is -2.52. The third kappa shape index (κ3) is 4.38. The van der Waals surface area contributed by atoms with Gasteiger partial charge in [-0.1, -0.05) is 11.3 Å². The van der Waals surface area contributed by atoms with Crippen LogP contribution in [-0.2, 0) is 9.59 Å². The first-order valence-corrected chi connectivity index (χ1v) is 12.9. The molecule has 4 heterocycles. The van der Waals surface area contributed by atoms with Crippen LogP contribution >= 0.6 is 34.9 Å². The third-order valence-electron chi connectivity index (χ3n) is 5.85. The largest absolute Gasteiger partial charge is 0.372 e. The van der Waals surface area contributed by atoms with Crippen LogP contribution in [0.3, 0.4) is 0 Å². The molecule has 3 aromatic rings. The maximum absolute atomic E-state index is 12.5. The molecule has 0 spiro atoms. The first-order valence-electron chi connectivity index (χ1n) is 10.9. The molecule has 2 amide bonds. The first kappa shape index (κ1) is 22.8. The van der Waals surface area contributed by atoms with Crippen molar-refractivity contribution in [2.24, 2.45) is 10.2 Å². The lowest BCUT2D eigenvalue weighted by molar-refractivity contribution is -0.132. The van der Waals surface area contributed by atoms with Gasteiger partial charge in [0.1, 0.15) is 10.4 Å². The van der Waals surface area contributed by atoms with Crippen molar-refractivity contribution in [1.82, 2.24) is 14.8 Å². The molecular weight excluding hydrogens is 488 g/mol. The van der Waals surface area contributed by atoms with Crippen LogP contribution in [-0.4, -0.2) is 58.9 Å². The van der Waals surface area contributed by atoms with Gasteiger partial charge in [0.25, 0.3) is 11.8 Å². The number of thiophene rings is 1. The summed E-state index contributed by atoms with van der Waals surface area (Å²) in [4.78, 5) is 36.2. The molecule has 11 heteroatoms. The van der Waals surface area contributed by atoms with E-state index < -0.39 is 11.8 Å². The van der Waals surface area contributed by atoms with E-state index in [0.29, 0.717) is 5.13 Å². The number of thiocarbonyl (C=S) groups is 1. The number of hydrogen-bond donors (Lipinski definition) is 0. The Hall–Kier alpha value is -3.02. The van der Waals surface area contributed by atoms with Crippen molar-refractivity contribution in [2.45, 2.75) is 19.3 Å². The van der Waals surface area contributed by atoms with Gasteiger partial charge in [-0.2, -0.15) is 0 Å². The summed E-state index contributed by atoms with van der Waals surface area (Å²) in [7, 11) is 3.13. The molecule has 0 bridgehead atoms. The minimum atomic E-state index is -0.404. The number of carbonyl (C=O) groups excluding carboxylic acids is 2. The van der Waals surface area contributed by atoms with E-state index in [0.717, 1.165) is 33.2 Å². The maximum Gasteiger partial charge on any atom is 0.265 e. The summed E-state index contributed by atoms with van der Waals surface area (Å²) < 4.78 is 0.930. The van der Waals surface area contributed by atoms with Crippen LogP contribution in [0.15, 0.2) is 46.1 Å².